The quantitative estimate of drug-likeness (QED) is 0.0446. The van der Waals surface area contributed by atoms with E-state index in [1.54, 1.807) is 0 Å². The van der Waals surface area contributed by atoms with Crippen LogP contribution >= 0.6 is 11.8 Å². The third-order valence-corrected chi connectivity index (χ3v) is 5.40. The van der Waals surface area contributed by atoms with E-state index in [0.29, 0.717) is 0 Å². The molecule has 0 saturated carbocycles. The molecule has 35 heavy (non-hydrogen) atoms. The van der Waals surface area contributed by atoms with Crippen molar-refractivity contribution in [2.45, 2.75) is 49.5 Å². The predicted octanol–water partition coefficient (Wildman–Crippen LogP) is -6.42. The van der Waals surface area contributed by atoms with Crippen LogP contribution in [0.25, 0.3) is 0 Å². The molecule has 0 spiro atoms. The molecule has 6 unspecified atom stereocenters. The molecule has 204 valence electrons. The van der Waals surface area contributed by atoms with E-state index in [0.717, 1.165) is 0 Å². The van der Waals surface area contributed by atoms with Crippen LogP contribution in [0.5, 0.6) is 0 Å². The first-order chi connectivity index (χ1) is 16.5. The highest BCUT2D eigenvalue weighted by Gasteiger charge is 2.29. The second-order valence-electron chi connectivity index (χ2n) is 7.08. The van der Waals surface area contributed by atoms with Crippen molar-refractivity contribution in [3.63, 3.8) is 0 Å². The van der Waals surface area contributed by atoms with Gasteiger partial charge in [-0.1, -0.05) is 0 Å². The lowest BCUT2D eigenvalue weighted by molar-refractivity contribution is -0.121. The summed E-state index contributed by atoms with van der Waals surface area (Å²) < 4.78 is 0. The van der Waals surface area contributed by atoms with E-state index in [-0.39, 0.29) is 24.3 Å². The number of carbonyl (C=O) groups is 2. The van der Waals surface area contributed by atoms with Crippen molar-refractivity contribution in [3.8, 4) is 0 Å². The summed E-state index contributed by atoms with van der Waals surface area (Å²) in [7, 11) is 0. The molecule has 0 rings (SSSR count). The van der Waals surface area contributed by atoms with Gasteiger partial charge in [0.25, 0.3) is 0 Å². The van der Waals surface area contributed by atoms with Crippen molar-refractivity contribution in [2.75, 3.05) is 37.9 Å². The monoisotopic (exact) mass is 530 g/mol. The van der Waals surface area contributed by atoms with Crippen LogP contribution in [0.3, 0.4) is 0 Å². The van der Waals surface area contributed by atoms with Gasteiger partial charge in [-0.25, -0.2) is 10.9 Å². The lowest BCUT2D eigenvalue weighted by Gasteiger charge is -2.21. The van der Waals surface area contributed by atoms with Crippen molar-refractivity contribution in [1.29, 1.82) is 0 Å². The predicted molar refractivity (Wildman–Crippen MR) is 122 cm³/mol. The van der Waals surface area contributed by atoms with Crippen molar-refractivity contribution < 1.29 is 60.7 Å². The highest BCUT2D eigenvalue weighted by Crippen LogP contribution is 2.06. The highest BCUT2D eigenvalue weighted by atomic mass is 32.2. The fraction of sp³-hybridized carbons (Fsp3) is 0.778. The Balaban J connectivity index is 4.40. The molecule has 0 aliphatic heterocycles. The molecule has 0 aromatic heterocycles. The summed E-state index contributed by atoms with van der Waals surface area (Å²) in [6.07, 6.45) is -10.8. The van der Waals surface area contributed by atoms with E-state index in [1.807, 2.05) is 0 Å². The molecule has 0 aliphatic carbocycles. The summed E-state index contributed by atoms with van der Waals surface area (Å²) in [6.45, 7) is -3.35. The van der Waals surface area contributed by atoms with Crippen LogP contribution in [0.2, 0.25) is 0 Å². The first-order valence-electron chi connectivity index (χ1n) is 10.3. The van der Waals surface area contributed by atoms with E-state index in [4.69, 9.17) is 10.2 Å². The van der Waals surface area contributed by atoms with Gasteiger partial charge < -0.3 is 51.1 Å². The van der Waals surface area contributed by atoms with Crippen molar-refractivity contribution in [2.24, 2.45) is 10.2 Å². The van der Waals surface area contributed by atoms with Crippen LogP contribution in [0.15, 0.2) is 10.2 Å². The topological polar surface area (TPSA) is 285 Å². The van der Waals surface area contributed by atoms with Crippen molar-refractivity contribution in [1.82, 2.24) is 10.9 Å². The number of rotatable bonds is 18. The molecule has 0 heterocycles. The Morgan fingerprint density at radius 3 is 1.29 bits per heavy atom. The average molecular weight is 531 g/mol. The molecular formula is C18H34N4O12S. The van der Waals surface area contributed by atoms with E-state index < -0.39 is 86.3 Å². The summed E-state index contributed by atoms with van der Waals surface area (Å²) in [4.78, 5) is 23.6. The van der Waals surface area contributed by atoms with Crippen LogP contribution in [0.4, 0.5) is 0 Å². The number of aliphatic hydroxyl groups excluding tert-OH is 10. The molecule has 0 fully saturated rings. The number of aliphatic hydroxyl groups is 10. The van der Waals surface area contributed by atoms with Crippen molar-refractivity contribution in [3.05, 3.63) is 0 Å². The molecule has 0 aromatic rings. The molecule has 6 atom stereocenters. The Labute approximate surface area is 204 Å². The minimum absolute atomic E-state index is 0.0590. The zero-order valence-electron chi connectivity index (χ0n) is 18.7. The van der Waals surface area contributed by atoms with Gasteiger partial charge in [-0.15, -0.1) is 0 Å². The Morgan fingerprint density at radius 1 is 0.657 bits per heavy atom. The molecule has 2 amide bonds. The molecule has 12 N–H and O–H groups in total. The van der Waals surface area contributed by atoms with Gasteiger partial charge in [-0.3, -0.25) is 9.59 Å². The average Bonchev–Trinajstić information content (AvgIpc) is 2.86. The van der Waals surface area contributed by atoms with Gasteiger partial charge in [0.1, 0.15) is 36.6 Å². The maximum atomic E-state index is 11.8. The van der Waals surface area contributed by atoms with Gasteiger partial charge in [0, 0.05) is 24.3 Å². The molecule has 0 aromatic carbocycles. The maximum Gasteiger partial charge on any atom is 0.240 e. The Kier molecular flexibility index (Phi) is 17.6. The molecule has 0 aliphatic rings. The smallest absolute Gasteiger partial charge is 0.240 e. The van der Waals surface area contributed by atoms with Gasteiger partial charge in [0.05, 0.1) is 37.9 Å². The summed E-state index contributed by atoms with van der Waals surface area (Å²) in [6, 6.07) is 0. The highest BCUT2D eigenvalue weighted by molar-refractivity contribution is 7.99. The Hall–Kier alpha value is -1.77. The van der Waals surface area contributed by atoms with Gasteiger partial charge in [0.15, 0.2) is 0 Å². The maximum absolute atomic E-state index is 11.8. The van der Waals surface area contributed by atoms with E-state index in [1.165, 1.54) is 11.8 Å². The molecule has 0 bridgehead atoms. The summed E-state index contributed by atoms with van der Waals surface area (Å²) in [5, 5.41) is 100. The summed E-state index contributed by atoms with van der Waals surface area (Å²) >= 11 is 1.21. The third-order valence-electron chi connectivity index (χ3n) is 4.41. The lowest BCUT2D eigenvalue weighted by Crippen LogP contribution is -2.45. The molecule has 17 heteroatoms. The second kappa shape index (κ2) is 18.5. The third kappa shape index (κ3) is 12.7. The normalized spacial score (nSPS) is 17.8. The first kappa shape index (κ1) is 33.2. The van der Waals surface area contributed by atoms with E-state index >= 15 is 0 Å². The fourth-order valence-electron chi connectivity index (χ4n) is 2.23. The van der Waals surface area contributed by atoms with E-state index in [9.17, 15) is 50.4 Å². The molecule has 0 radical (unpaired) electrons. The largest absolute Gasteiger partial charge is 0.394 e. The second-order valence-corrected chi connectivity index (χ2v) is 8.30. The number of carbonyl (C=O) groups excluding carboxylic acids is 2. The van der Waals surface area contributed by atoms with E-state index in [2.05, 4.69) is 21.1 Å². The number of nitrogens with one attached hydrogen (secondary N) is 2. The van der Waals surface area contributed by atoms with Crippen LogP contribution in [0, 0.1) is 0 Å². The zero-order valence-corrected chi connectivity index (χ0v) is 19.5. The Morgan fingerprint density at radius 2 is 1.00 bits per heavy atom. The lowest BCUT2D eigenvalue weighted by atomic mass is 10.0. The van der Waals surface area contributed by atoms with Gasteiger partial charge in [-0.2, -0.15) is 22.0 Å². The van der Waals surface area contributed by atoms with Crippen molar-refractivity contribution >= 4 is 35.0 Å². The summed E-state index contributed by atoms with van der Waals surface area (Å²) in [5.74, 6) is -0.696. The number of hydrazone groups is 2. The minimum atomic E-state index is -1.83. The summed E-state index contributed by atoms with van der Waals surface area (Å²) in [5.41, 5.74) is 3.25. The molecular weight excluding hydrogens is 496 g/mol. The number of thioether (sulfide) groups is 1. The van der Waals surface area contributed by atoms with Crippen LogP contribution in [-0.2, 0) is 9.59 Å². The number of nitrogens with zero attached hydrogens (tertiary/aromatic N) is 2. The fourth-order valence-corrected chi connectivity index (χ4v) is 3.10. The van der Waals surface area contributed by atoms with Crippen LogP contribution < -0.4 is 10.9 Å². The standard InChI is InChI=1S/C18H34N4O12S/c23-5-9(15(31)17(33)11(27)7-25)19-21-13(29)1-3-35-4-2-14(30)22-20-10(6-24)16(32)18(34)12(28)8-26/h11-12,15-18,23-28,31-34H,1-8H2,(H,21,29)(H,22,30)/b19-9+,20-10?. The van der Waals surface area contributed by atoms with Crippen LogP contribution in [0.1, 0.15) is 12.8 Å². The number of hydrogen-bond donors (Lipinski definition) is 12. The van der Waals surface area contributed by atoms with Gasteiger partial charge in [-0.05, 0) is 0 Å². The minimum Gasteiger partial charge on any atom is -0.394 e. The zero-order chi connectivity index (χ0) is 27.0. The SMILES string of the molecule is O=C(CCSCCC(=O)N/N=C(\CO)C(O)C(O)C(O)CO)NN=C(CO)C(O)C(O)C(O)CO. The molecule has 0 saturated heterocycles. The van der Waals surface area contributed by atoms with Crippen LogP contribution in [-0.4, -0.2) is 149 Å². The Bertz CT molecular complexity index is 642. The first-order valence-corrected chi connectivity index (χ1v) is 11.5. The number of amides is 2. The molecule has 16 nitrogen and oxygen atoms in total. The van der Waals surface area contributed by atoms with Gasteiger partial charge >= 0.3 is 0 Å². The van der Waals surface area contributed by atoms with Gasteiger partial charge in [0.2, 0.25) is 11.8 Å². The number of hydrogen-bond acceptors (Lipinski definition) is 15.